The first-order chi connectivity index (χ1) is 25.3. The summed E-state index contributed by atoms with van der Waals surface area (Å²) < 4.78 is 6.54. The zero-order valence-electron chi connectivity index (χ0n) is 27.8. The van der Waals surface area contributed by atoms with Gasteiger partial charge >= 0.3 is 0 Å². The number of nitrogens with zero attached hydrogens (tertiary/aromatic N) is 3. The number of rotatable bonds is 5. The molecule has 9 aromatic rings. The van der Waals surface area contributed by atoms with E-state index < -0.39 is 0 Å². The molecule has 1 aliphatic rings. The molecular formula is C47H31N3O. The molecule has 4 heteroatoms. The van der Waals surface area contributed by atoms with Crippen molar-refractivity contribution in [1.82, 2.24) is 15.0 Å². The number of allylic oxidation sites excluding steroid dienone is 4. The van der Waals surface area contributed by atoms with E-state index in [1.165, 1.54) is 32.7 Å². The second kappa shape index (κ2) is 12.0. The van der Waals surface area contributed by atoms with Gasteiger partial charge in [-0.25, -0.2) is 15.0 Å². The smallest absolute Gasteiger partial charge is 0.164 e. The molecule has 0 aliphatic heterocycles. The monoisotopic (exact) mass is 653 g/mol. The maximum absolute atomic E-state index is 6.54. The summed E-state index contributed by atoms with van der Waals surface area (Å²) in [6, 6.07) is 51.1. The van der Waals surface area contributed by atoms with Crippen molar-refractivity contribution in [1.29, 1.82) is 0 Å². The maximum atomic E-state index is 6.54. The largest absolute Gasteiger partial charge is 0.456 e. The molecule has 240 valence electrons. The van der Waals surface area contributed by atoms with E-state index in [-0.39, 0.29) is 0 Å². The Balaban J connectivity index is 1.16. The Morgan fingerprint density at radius 1 is 0.451 bits per heavy atom. The van der Waals surface area contributed by atoms with Gasteiger partial charge in [0.2, 0.25) is 0 Å². The van der Waals surface area contributed by atoms with Crippen molar-refractivity contribution < 1.29 is 4.42 Å². The van der Waals surface area contributed by atoms with E-state index in [4.69, 9.17) is 19.4 Å². The van der Waals surface area contributed by atoms with Crippen LogP contribution in [0, 0.1) is 0 Å². The SMILES string of the molecule is C1=CCCC(c2nc(-c3ccc(-c4ccc5ccccc5c4)cc3)nc(-c3cccc4oc5cccc(-c6cccc7ccccc67)c5c34)n2)=C1. The minimum absolute atomic E-state index is 0.630. The molecule has 0 unspecified atom stereocenters. The lowest BCUT2D eigenvalue weighted by Gasteiger charge is -2.13. The van der Waals surface area contributed by atoms with Crippen molar-refractivity contribution in [2.24, 2.45) is 0 Å². The Morgan fingerprint density at radius 2 is 1.08 bits per heavy atom. The normalized spacial score (nSPS) is 13.0. The van der Waals surface area contributed by atoms with Gasteiger partial charge in [0.25, 0.3) is 0 Å². The van der Waals surface area contributed by atoms with E-state index in [1.54, 1.807) is 0 Å². The van der Waals surface area contributed by atoms with Gasteiger partial charge in [0, 0.05) is 21.9 Å². The van der Waals surface area contributed by atoms with Gasteiger partial charge in [-0.3, -0.25) is 0 Å². The molecule has 0 saturated carbocycles. The summed E-state index contributed by atoms with van der Waals surface area (Å²) in [5.74, 6) is 1.98. The summed E-state index contributed by atoms with van der Waals surface area (Å²) in [5.41, 5.74) is 9.22. The van der Waals surface area contributed by atoms with Crippen molar-refractivity contribution in [2.75, 3.05) is 0 Å². The first-order valence-electron chi connectivity index (χ1n) is 17.4. The molecule has 51 heavy (non-hydrogen) atoms. The second-order valence-corrected chi connectivity index (χ2v) is 13.1. The average molecular weight is 654 g/mol. The molecule has 1 aliphatic carbocycles. The lowest BCUT2D eigenvalue weighted by atomic mass is 9.93. The highest BCUT2D eigenvalue weighted by Crippen LogP contribution is 2.43. The van der Waals surface area contributed by atoms with E-state index in [9.17, 15) is 0 Å². The van der Waals surface area contributed by atoms with Gasteiger partial charge in [0.05, 0.1) is 0 Å². The van der Waals surface area contributed by atoms with E-state index in [0.717, 1.165) is 62.6 Å². The van der Waals surface area contributed by atoms with Gasteiger partial charge in [-0.2, -0.15) is 0 Å². The number of aromatic nitrogens is 3. The third kappa shape index (κ3) is 5.12. The molecule has 0 radical (unpaired) electrons. The number of benzene rings is 7. The van der Waals surface area contributed by atoms with Crippen LogP contribution in [0.15, 0.2) is 168 Å². The molecule has 0 fully saturated rings. The third-order valence-electron chi connectivity index (χ3n) is 10.0. The van der Waals surface area contributed by atoms with Crippen LogP contribution in [0.4, 0.5) is 0 Å². The van der Waals surface area contributed by atoms with Gasteiger partial charge in [-0.05, 0) is 80.4 Å². The molecule has 0 bridgehead atoms. The van der Waals surface area contributed by atoms with Crippen molar-refractivity contribution >= 4 is 49.1 Å². The molecule has 0 N–H and O–H groups in total. The summed E-state index contributed by atoms with van der Waals surface area (Å²) in [6.45, 7) is 0. The van der Waals surface area contributed by atoms with Crippen LogP contribution in [0.5, 0.6) is 0 Å². The topological polar surface area (TPSA) is 51.8 Å². The third-order valence-corrected chi connectivity index (χ3v) is 10.0. The molecule has 4 nitrogen and oxygen atoms in total. The van der Waals surface area contributed by atoms with Crippen LogP contribution >= 0.6 is 0 Å². The second-order valence-electron chi connectivity index (χ2n) is 13.1. The quantitative estimate of drug-likeness (QED) is 0.185. The molecule has 2 aromatic heterocycles. The Kier molecular flexibility index (Phi) is 6.91. The molecule has 10 rings (SSSR count). The number of hydrogen-bond donors (Lipinski definition) is 0. The standard InChI is InChI=1S/C47H31N3O/c1-2-13-33(14-3-1)45-48-46(34-26-23-31(24-27-34)36-28-25-30-11-4-5-15-35(30)29-36)50-47(49-45)40-20-10-22-42-44(40)43-39(19-9-21-41(43)51-42)38-18-8-16-32-12-6-7-17-37(32)38/h1-2,4-13,15-29H,3,14H2. The zero-order valence-corrected chi connectivity index (χ0v) is 27.8. The van der Waals surface area contributed by atoms with Crippen LogP contribution in [0.3, 0.4) is 0 Å². The summed E-state index contributed by atoms with van der Waals surface area (Å²) >= 11 is 0. The van der Waals surface area contributed by atoms with Crippen molar-refractivity contribution in [3.05, 3.63) is 170 Å². The molecule has 2 heterocycles. The number of hydrogen-bond acceptors (Lipinski definition) is 4. The van der Waals surface area contributed by atoms with E-state index in [0.29, 0.717) is 17.5 Å². The fourth-order valence-corrected chi connectivity index (χ4v) is 7.48. The lowest BCUT2D eigenvalue weighted by Crippen LogP contribution is -2.04. The maximum Gasteiger partial charge on any atom is 0.164 e. The predicted molar refractivity (Wildman–Crippen MR) is 210 cm³/mol. The summed E-state index contributed by atoms with van der Waals surface area (Å²) in [7, 11) is 0. The highest BCUT2D eigenvalue weighted by molar-refractivity contribution is 6.19. The van der Waals surface area contributed by atoms with Gasteiger partial charge in [-0.15, -0.1) is 0 Å². The molecule has 0 atom stereocenters. The van der Waals surface area contributed by atoms with Crippen LogP contribution in [-0.2, 0) is 0 Å². The van der Waals surface area contributed by atoms with Crippen LogP contribution < -0.4 is 0 Å². The van der Waals surface area contributed by atoms with Gasteiger partial charge in [0.1, 0.15) is 11.2 Å². The Labute approximate surface area is 295 Å². The van der Waals surface area contributed by atoms with Crippen LogP contribution in [0.25, 0.3) is 94.1 Å². The van der Waals surface area contributed by atoms with Gasteiger partial charge in [-0.1, -0.05) is 146 Å². The molecule has 0 amide bonds. The predicted octanol–water partition coefficient (Wildman–Crippen LogP) is 12.5. The Bertz CT molecular complexity index is 2860. The minimum atomic E-state index is 0.630. The molecule has 0 spiro atoms. The van der Waals surface area contributed by atoms with Crippen molar-refractivity contribution in [3.63, 3.8) is 0 Å². The summed E-state index contributed by atoms with van der Waals surface area (Å²) in [4.78, 5) is 15.4. The Morgan fingerprint density at radius 3 is 1.90 bits per heavy atom. The molecule has 7 aromatic carbocycles. The van der Waals surface area contributed by atoms with Crippen LogP contribution in [-0.4, -0.2) is 15.0 Å². The lowest BCUT2D eigenvalue weighted by molar-refractivity contribution is 0.669. The summed E-state index contributed by atoms with van der Waals surface area (Å²) in [6.07, 6.45) is 8.25. The average Bonchev–Trinajstić information content (AvgIpc) is 3.60. The number of furan rings is 1. The Hall–Kier alpha value is -6.65. The van der Waals surface area contributed by atoms with Gasteiger partial charge in [0.15, 0.2) is 17.5 Å². The highest BCUT2D eigenvalue weighted by Gasteiger charge is 2.21. The fraction of sp³-hybridized carbons (Fsp3) is 0.0426. The van der Waals surface area contributed by atoms with Crippen molar-refractivity contribution in [2.45, 2.75) is 12.8 Å². The van der Waals surface area contributed by atoms with E-state index in [2.05, 4.69) is 146 Å². The number of fused-ring (bicyclic) bond motifs is 5. The first kappa shape index (κ1) is 29.3. The zero-order chi connectivity index (χ0) is 33.7. The van der Waals surface area contributed by atoms with Crippen LogP contribution in [0.2, 0.25) is 0 Å². The summed E-state index contributed by atoms with van der Waals surface area (Å²) in [5, 5.41) is 6.93. The van der Waals surface area contributed by atoms with E-state index >= 15 is 0 Å². The van der Waals surface area contributed by atoms with E-state index in [1.807, 2.05) is 18.2 Å². The molecule has 0 saturated heterocycles. The van der Waals surface area contributed by atoms with Crippen molar-refractivity contribution in [3.8, 4) is 45.0 Å². The molecular weight excluding hydrogens is 623 g/mol. The van der Waals surface area contributed by atoms with Crippen LogP contribution in [0.1, 0.15) is 18.7 Å². The highest BCUT2D eigenvalue weighted by atomic mass is 16.3. The fourth-order valence-electron chi connectivity index (χ4n) is 7.48. The first-order valence-corrected chi connectivity index (χ1v) is 17.4. The van der Waals surface area contributed by atoms with Gasteiger partial charge < -0.3 is 4.42 Å². The minimum Gasteiger partial charge on any atom is -0.456 e.